The summed E-state index contributed by atoms with van der Waals surface area (Å²) in [5.74, 6) is 0. The summed E-state index contributed by atoms with van der Waals surface area (Å²) in [6.07, 6.45) is 6.88. The average molecular weight is 201 g/mol. The summed E-state index contributed by atoms with van der Waals surface area (Å²) >= 11 is 0. The highest BCUT2D eigenvalue weighted by Crippen LogP contribution is 2.15. The zero-order chi connectivity index (χ0) is 9.52. The van der Waals surface area contributed by atoms with Gasteiger partial charge in [-0.05, 0) is 32.0 Å². The van der Waals surface area contributed by atoms with Crippen LogP contribution in [0.25, 0.3) is 0 Å². The van der Waals surface area contributed by atoms with E-state index in [0.29, 0.717) is 0 Å². The molecule has 1 heterocycles. The SMILES string of the molecule is CCCCCCN1CCC[SiH]1OC. The lowest BCUT2D eigenvalue weighted by Crippen LogP contribution is -2.36. The van der Waals surface area contributed by atoms with Crippen molar-refractivity contribution in [2.24, 2.45) is 0 Å². The standard InChI is InChI=1S/C10H23NOSi/c1-3-4-5-6-8-11-9-7-10-13(11)12-2/h13H,3-10H2,1-2H3. The Kier molecular flexibility index (Phi) is 5.67. The molecule has 0 spiro atoms. The maximum Gasteiger partial charge on any atom is 0.254 e. The van der Waals surface area contributed by atoms with Crippen molar-refractivity contribution in [3.05, 3.63) is 0 Å². The number of hydrogen-bond acceptors (Lipinski definition) is 2. The van der Waals surface area contributed by atoms with Gasteiger partial charge in [-0.1, -0.05) is 26.2 Å². The Morgan fingerprint density at radius 3 is 2.85 bits per heavy atom. The Morgan fingerprint density at radius 2 is 2.15 bits per heavy atom. The molecular formula is C10H23NOSi. The van der Waals surface area contributed by atoms with E-state index >= 15 is 0 Å². The lowest BCUT2D eigenvalue weighted by atomic mass is 10.2. The van der Waals surface area contributed by atoms with Crippen LogP contribution < -0.4 is 0 Å². The lowest BCUT2D eigenvalue weighted by molar-refractivity contribution is 0.334. The van der Waals surface area contributed by atoms with Crippen LogP contribution in [-0.2, 0) is 4.43 Å². The Bertz CT molecular complexity index is 132. The van der Waals surface area contributed by atoms with Crippen LogP contribution in [0.1, 0.15) is 39.0 Å². The van der Waals surface area contributed by atoms with Crippen LogP contribution in [-0.4, -0.2) is 34.0 Å². The molecule has 0 bridgehead atoms. The predicted octanol–water partition coefficient (Wildman–Crippen LogP) is 2.14. The number of rotatable bonds is 6. The van der Waals surface area contributed by atoms with Crippen LogP contribution >= 0.6 is 0 Å². The minimum atomic E-state index is -0.893. The third-order valence-corrected chi connectivity index (χ3v) is 5.65. The third-order valence-electron chi connectivity index (χ3n) is 2.87. The van der Waals surface area contributed by atoms with Gasteiger partial charge in [-0.3, -0.25) is 0 Å². The van der Waals surface area contributed by atoms with Crippen molar-refractivity contribution in [2.75, 3.05) is 20.2 Å². The molecule has 1 saturated heterocycles. The predicted molar refractivity (Wildman–Crippen MR) is 59.3 cm³/mol. The quantitative estimate of drug-likeness (QED) is 0.482. The maximum absolute atomic E-state index is 5.55. The molecule has 0 aromatic carbocycles. The molecule has 0 N–H and O–H groups in total. The van der Waals surface area contributed by atoms with Gasteiger partial charge in [0.2, 0.25) is 0 Å². The summed E-state index contributed by atoms with van der Waals surface area (Å²) in [6.45, 7) is 4.87. The monoisotopic (exact) mass is 201 g/mol. The van der Waals surface area contributed by atoms with Crippen molar-refractivity contribution in [1.29, 1.82) is 0 Å². The highest BCUT2D eigenvalue weighted by atomic mass is 28.3. The van der Waals surface area contributed by atoms with Crippen molar-refractivity contribution < 1.29 is 4.43 Å². The molecule has 1 aliphatic rings. The van der Waals surface area contributed by atoms with E-state index in [-0.39, 0.29) is 0 Å². The fourth-order valence-electron chi connectivity index (χ4n) is 2.06. The first-order valence-electron chi connectivity index (χ1n) is 5.65. The first kappa shape index (κ1) is 11.2. The molecule has 0 aliphatic carbocycles. The average Bonchev–Trinajstić information content (AvgIpc) is 2.60. The second-order valence-corrected chi connectivity index (χ2v) is 6.62. The summed E-state index contributed by atoms with van der Waals surface area (Å²) in [5.41, 5.74) is 0. The molecule has 0 saturated carbocycles. The fourth-order valence-corrected chi connectivity index (χ4v) is 4.43. The molecule has 3 heteroatoms. The summed E-state index contributed by atoms with van der Waals surface area (Å²) in [7, 11) is 0.997. The Balaban J connectivity index is 2.06. The van der Waals surface area contributed by atoms with Crippen LogP contribution in [0.2, 0.25) is 6.04 Å². The summed E-state index contributed by atoms with van der Waals surface area (Å²) in [4.78, 5) is 0. The molecule has 0 aromatic rings. The zero-order valence-corrected chi connectivity index (χ0v) is 10.2. The van der Waals surface area contributed by atoms with E-state index in [9.17, 15) is 0 Å². The van der Waals surface area contributed by atoms with Crippen LogP contribution in [0.5, 0.6) is 0 Å². The molecule has 1 aliphatic heterocycles. The van der Waals surface area contributed by atoms with Gasteiger partial charge >= 0.3 is 0 Å². The third kappa shape index (κ3) is 3.79. The molecule has 78 valence electrons. The highest BCUT2D eigenvalue weighted by Gasteiger charge is 2.25. The van der Waals surface area contributed by atoms with Gasteiger partial charge in [0.05, 0.1) is 0 Å². The second-order valence-electron chi connectivity index (χ2n) is 3.93. The molecule has 13 heavy (non-hydrogen) atoms. The van der Waals surface area contributed by atoms with Gasteiger partial charge in [0, 0.05) is 7.11 Å². The van der Waals surface area contributed by atoms with E-state index < -0.39 is 9.20 Å². The van der Waals surface area contributed by atoms with E-state index in [2.05, 4.69) is 11.5 Å². The fraction of sp³-hybridized carbons (Fsp3) is 1.00. The van der Waals surface area contributed by atoms with Crippen molar-refractivity contribution >= 4 is 9.20 Å². The topological polar surface area (TPSA) is 12.5 Å². The molecular weight excluding hydrogens is 178 g/mol. The number of unbranched alkanes of at least 4 members (excludes halogenated alkanes) is 3. The van der Waals surface area contributed by atoms with E-state index in [4.69, 9.17) is 4.43 Å². The molecule has 2 nitrogen and oxygen atoms in total. The van der Waals surface area contributed by atoms with Crippen LogP contribution in [0, 0.1) is 0 Å². The smallest absolute Gasteiger partial charge is 0.254 e. The number of hydrogen-bond donors (Lipinski definition) is 0. The van der Waals surface area contributed by atoms with Crippen LogP contribution in [0.4, 0.5) is 0 Å². The molecule has 0 aromatic heterocycles. The Labute approximate surface area is 84.1 Å². The van der Waals surface area contributed by atoms with E-state index in [1.54, 1.807) is 0 Å². The van der Waals surface area contributed by atoms with Crippen LogP contribution in [0.15, 0.2) is 0 Å². The van der Waals surface area contributed by atoms with Gasteiger partial charge in [-0.15, -0.1) is 0 Å². The van der Waals surface area contributed by atoms with Gasteiger partial charge in [0.1, 0.15) is 0 Å². The van der Waals surface area contributed by atoms with Gasteiger partial charge < -0.3 is 8.99 Å². The van der Waals surface area contributed by atoms with Gasteiger partial charge in [0.25, 0.3) is 9.20 Å². The summed E-state index contributed by atoms with van der Waals surface area (Å²) < 4.78 is 8.17. The van der Waals surface area contributed by atoms with Gasteiger partial charge in [-0.25, -0.2) is 0 Å². The molecule has 0 radical (unpaired) electrons. The highest BCUT2D eigenvalue weighted by molar-refractivity contribution is 6.49. The second kappa shape index (κ2) is 6.57. The molecule has 1 atom stereocenters. The minimum absolute atomic E-state index is 0.893. The van der Waals surface area contributed by atoms with E-state index in [1.165, 1.54) is 51.2 Å². The van der Waals surface area contributed by atoms with Crippen molar-refractivity contribution in [1.82, 2.24) is 4.57 Å². The van der Waals surface area contributed by atoms with Crippen molar-refractivity contribution in [3.63, 3.8) is 0 Å². The largest absolute Gasteiger partial charge is 0.409 e. The zero-order valence-electron chi connectivity index (χ0n) is 9.09. The van der Waals surface area contributed by atoms with E-state index in [1.807, 2.05) is 7.11 Å². The molecule has 0 amide bonds. The van der Waals surface area contributed by atoms with Gasteiger partial charge in [0.15, 0.2) is 0 Å². The molecule has 1 unspecified atom stereocenters. The molecule has 1 fully saturated rings. The normalized spacial score (nSPS) is 24.0. The Morgan fingerprint density at radius 1 is 1.31 bits per heavy atom. The minimum Gasteiger partial charge on any atom is -0.409 e. The van der Waals surface area contributed by atoms with Crippen molar-refractivity contribution in [3.8, 4) is 0 Å². The number of nitrogens with zero attached hydrogens (tertiary/aromatic N) is 1. The Hall–Kier alpha value is 0.137. The van der Waals surface area contributed by atoms with Gasteiger partial charge in [-0.2, -0.15) is 0 Å². The van der Waals surface area contributed by atoms with E-state index in [0.717, 1.165) is 0 Å². The maximum atomic E-state index is 5.55. The first-order valence-corrected chi connectivity index (χ1v) is 7.45. The van der Waals surface area contributed by atoms with Crippen molar-refractivity contribution in [2.45, 2.75) is 45.1 Å². The summed E-state index contributed by atoms with van der Waals surface area (Å²) in [5, 5.41) is 0. The van der Waals surface area contributed by atoms with Crippen LogP contribution in [0.3, 0.4) is 0 Å². The summed E-state index contributed by atoms with van der Waals surface area (Å²) in [6, 6.07) is 1.37. The molecule has 1 rings (SSSR count). The first-order chi connectivity index (χ1) is 6.38. The lowest BCUT2D eigenvalue weighted by Gasteiger charge is -2.21.